The maximum atomic E-state index is 14.1. The average Bonchev–Trinajstić information content (AvgIpc) is 3.77. The van der Waals surface area contributed by atoms with E-state index in [9.17, 15) is 14.0 Å². The predicted octanol–water partition coefficient (Wildman–Crippen LogP) is 5.11. The number of carbonyl (C=O) groups excluding carboxylic acids is 2. The van der Waals surface area contributed by atoms with Gasteiger partial charge in [0.2, 0.25) is 11.8 Å². The highest BCUT2D eigenvalue weighted by Crippen LogP contribution is 2.36. The van der Waals surface area contributed by atoms with Crippen LogP contribution in [0.15, 0.2) is 85.1 Å². The Morgan fingerprint density at radius 1 is 0.854 bits per heavy atom. The summed E-state index contributed by atoms with van der Waals surface area (Å²) in [7, 11) is 0. The molecule has 0 bridgehead atoms. The second-order valence-electron chi connectivity index (χ2n) is 12.9. The molecule has 8 rings (SSSR count). The van der Waals surface area contributed by atoms with E-state index in [1.54, 1.807) is 12.1 Å². The molecular formula is C37H37FN8O2. The number of nitrogens with one attached hydrogen (secondary N) is 1. The minimum absolute atomic E-state index is 0.0728. The van der Waals surface area contributed by atoms with Crippen molar-refractivity contribution in [3.8, 4) is 11.4 Å². The zero-order valence-corrected chi connectivity index (χ0v) is 26.6. The Morgan fingerprint density at radius 2 is 1.71 bits per heavy atom. The van der Waals surface area contributed by atoms with Crippen LogP contribution in [0, 0.1) is 5.82 Å². The molecule has 3 aliphatic heterocycles. The minimum Gasteiger partial charge on any atom is -0.354 e. The third-order valence-corrected chi connectivity index (χ3v) is 9.89. The smallest absolute Gasteiger partial charge is 0.234 e. The number of imidazole rings is 1. The van der Waals surface area contributed by atoms with Crippen molar-refractivity contribution in [2.75, 3.05) is 42.5 Å². The summed E-state index contributed by atoms with van der Waals surface area (Å²) in [5.74, 6) is 0.844. The van der Waals surface area contributed by atoms with Gasteiger partial charge in [-0.05, 0) is 72.4 Å². The van der Waals surface area contributed by atoms with Gasteiger partial charge in [0.15, 0.2) is 5.65 Å². The number of hydrogen-bond donors (Lipinski definition) is 1. The molecule has 2 aromatic carbocycles. The standard InChI is InChI=1S/C37H37FN8O2/c38-27-8-3-7-25(22-27)31-11-5-17-45(31)35-15-14-33-39-23-32(46(33)42-35)30-10-4-12-34(40-30)44-20-18-43(19-21-44)24-26-6-1-2-9-28(26)29-13-16-36(47)41-37(29)48/h1-4,6-10,12,14-15,22-23,29,31H,5,11,13,16-21,24H2,(H,41,47,48)/t29?,31-/m1/s1. The van der Waals surface area contributed by atoms with E-state index in [-0.39, 0.29) is 29.6 Å². The number of hydrogen-bond acceptors (Lipinski definition) is 8. The van der Waals surface area contributed by atoms with Gasteiger partial charge in [0, 0.05) is 45.7 Å². The molecule has 1 N–H and O–H groups in total. The number of halogens is 1. The van der Waals surface area contributed by atoms with Gasteiger partial charge in [-0.2, -0.15) is 0 Å². The van der Waals surface area contributed by atoms with Gasteiger partial charge < -0.3 is 9.80 Å². The lowest BCUT2D eigenvalue weighted by Gasteiger charge is -2.36. The van der Waals surface area contributed by atoms with Gasteiger partial charge in [-0.25, -0.2) is 18.9 Å². The van der Waals surface area contributed by atoms with Gasteiger partial charge in [-0.15, -0.1) is 5.10 Å². The predicted molar refractivity (Wildman–Crippen MR) is 181 cm³/mol. The summed E-state index contributed by atoms with van der Waals surface area (Å²) >= 11 is 0. The van der Waals surface area contributed by atoms with Gasteiger partial charge in [-0.1, -0.05) is 42.5 Å². The molecule has 2 amide bonds. The molecule has 1 unspecified atom stereocenters. The maximum Gasteiger partial charge on any atom is 0.234 e. The number of rotatable bonds is 7. The van der Waals surface area contributed by atoms with Crippen LogP contribution in [-0.2, 0) is 16.1 Å². The molecule has 5 aromatic rings. The quantitative estimate of drug-likeness (QED) is 0.244. The molecule has 6 heterocycles. The fourth-order valence-corrected chi connectivity index (χ4v) is 7.42. The molecule has 3 aromatic heterocycles. The zero-order chi connectivity index (χ0) is 32.6. The summed E-state index contributed by atoms with van der Waals surface area (Å²) in [5, 5.41) is 7.52. The van der Waals surface area contributed by atoms with Crippen molar-refractivity contribution in [2.24, 2.45) is 0 Å². The Labute approximate surface area is 278 Å². The number of nitrogens with zero attached hydrogens (tertiary/aromatic N) is 7. The van der Waals surface area contributed by atoms with E-state index in [1.165, 1.54) is 6.07 Å². The van der Waals surface area contributed by atoms with E-state index in [0.717, 1.165) is 97.5 Å². The molecule has 3 aliphatic rings. The number of piperazine rings is 1. The summed E-state index contributed by atoms with van der Waals surface area (Å²) < 4.78 is 15.9. The molecule has 11 heteroatoms. The van der Waals surface area contributed by atoms with Crippen molar-refractivity contribution in [3.05, 3.63) is 108 Å². The number of amides is 2. The van der Waals surface area contributed by atoms with Crippen LogP contribution in [0.5, 0.6) is 0 Å². The number of anilines is 2. The van der Waals surface area contributed by atoms with Crippen LogP contribution in [0.1, 0.15) is 54.3 Å². The van der Waals surface area contributed by atoms with Gasteiger partial charge in [0.25, 0.3) is 0 Å². The Morgan fingerprint density at radius 3 is 2.56 bits per heavy atom. The third kappa shape index (κ3) is 5.90. The van der Waals surface area contributed by atoms with E-state index in [2.05, 4.69) is 31.1 Å². The number of piperidine rings is 1. The average molecular weight is 645 g/mol. The summed E-state index contributed by atoms with van der Waals surface area (Å²) in [5.41, 5.74) is 5.48. The van der Waals surface area contributed by atoms with Crippen molar-refractivity contribution in [1.29, 1.82) is 0 Å². The number of fused-ring (bicyclic) bond motifs is 1. The molecule has 48 heavy (non-hydrogen) atoms. The number of benzene rings is 2. The lowest BCUT2D eigenvalue weighted by molar-refractivity contribution is -0.134. The fourth-order valence-electron chi connectivity index (χ4n) is 7.42. The minimum atomic E-state index is -0.289. The summed E-state index contributed by atoms with van der Waals surface area (Å²) in [6.45, 7) is 4.97. The Hall–Kier alpha value is -5.16. The molecule has 2 atom stereocenters. The van der Waals surface area contributed by atoms with Crippen LogP contribution in [0.3, 0.4) is 0 Å². The highest BCUT2D eigenvalue weighted by atomic mass is 19.1. The van der Waals surface area contributed by atoms with Crippen molar-refractivity contribution >= 4 is 29.1 Å². The highest BCUT2D eigenvalue weighted by Gasteiger charge is 2.31. The van der Waals surface area contributed by atoms with Crippen molar-refractivity contribution in [3.63, 3.8) is 0 Å². The van der Waals surface area contributed by atoms with Crippen LogP contribution >= 0.6 is 0 Å². The number of carbonyl (C=O) groups is 2. The van der Waals surface area contributed by atoms with E-state index in [1.807, 2.05) is 65.3 Å². The van der Waals surface area contributed by atoms with Crippen LogP contribution < -0.4 is 15.1 Å². The Bertz CT molecular complexity index is 1990. The van der Waals surface area contributed by atoms with E-state index in [0.29, 0.717) is 12.8 Å². The molecule has 3 saturated heterocycles. The lowest BCUT2D eigenvalue weighted by Crippen LogP contribution is -2.46. The first-order valence-electron chi connectivity index (χ1n) is 16.7. The van der Waals surface area contributed by atoms with Crippen LogP contribution in [-0.4, -0.2) is 69.0 Å². The summed E-state index contributed by atoms with van der Waals surface area (Å²) in [6.07, 6.45) is 4.71. The molecule has 244 valence electrons. The summed E-state index contributed by atoms with van der Waals surface area (Å²) in [4.78, 5) is 41.0. The van der Waals surface area contributed by atoms with Crippen molar-refractivity contribution in [1.82, 2.24) is 29.8 Å². The molecule has 0 spiro atoms. The van der Waals surface area contributed by atoms with E-state index in [4.69, 9.17) is 10.1 Å². The van der Waals surface area contributed by atoms with Gasteiger partial charge in [0.1, 0.15) is 23.1 Å². The summed E-state index contributed by atoms with van der Waals surface area (Å²) in [6, 6.07) is 25.1. The van der Waals surface area contributed by atoms with Crippen LogP contribution in [0.4, 0.5) is 16.0 Å². The Balaban J connectivity index is 0.972. The normalized spacial score (nSPS) is 20.4. The largest absolute Gasteiger partial charge is 0.354 e. The molecule has 0 radical (unpaired) electrons. The van der Waals surface area contributed by atoms with E-state index >= 15 is 0 Å². The monoisotopic (exact) mass is 644 g/mol. The zero-order valence-electron chi connectivity index (χ0n) is 26.6. The first kappa shape index (κ1) is 30.2. The van der Waals surface area contributed by atoms with Crippen LogP contribution in [0.2, 0.25) is 0 Å². The number of aromatic nitrogens is 4. The van der Waals surface area contributed by atoms with Gasteiger partial charge in [-0.3, -0.25) is 19.8 Å². The van der Waals surface area contributed by atoms with Crippen LogP contribution in [0.25, 0.3) is 17.0 Å². The van der Waals surface area contributed by atoms with Gasteiger partial charge in [0.05, 0.1) is 23.9 Å². The SMILES string of the molecule is O=C1CCC(c2ccccc2CN2CCN(c3cccc(-c4cnc5ccc(N6CCC[C@@H]6c6cccc(F)c6)nn45)n3)CC2)C(=O)N1. The second-order valence-corrected chi connectivity index (χ2v) is 12.9. The van der Waals surface area contributed by atoms with Gasteiger partial charge >= 0.3 is 0 Å². The van der Waals surface area contributed by atoms with Crippen molar-refractivity contribution in [2.45, 2.75) is 44.2 Å². The first-order valence-corrected chi connectivity index (χ1v) is 16.7. The maximum absolute atomic E-state index is 14.1. The highest BCUT2D eigenvalue weighted by molar-refractivity contribution is 6.01. The first-order chi connectivity index (χ1) is 23.5. The molecular weight excluding hydrogens is 607 g/mol. The topological polar surface area (TPSA) is 99.0 Å². The lowest BCUT2D eigenvalue weighted by atomic mass is 9.87. The molecule has 3 fully saturated rings. The molecule has 0 saturated carbocycles. The molecule has 10 nitrogen and oxygen atoms in total. The Kier molecular flexibility index (Phi) is 8.05. The van der Waals surface area contributed by atoms with E-state index < -0.39 is 0 Å². The van der Waals surface area contributed by atoms with Crippen molar-refractivity contribution < 1.29 is 14.0 Å². The number of pyridine rings is 1. The second kappa shape index (κ2) is 12.8. The molecule has 0 aliphatic carbocycles. The number of imide groups is 1. The fraction of sp³-hybridized carbons (Fsp3) is 0.324. The third-order valence-electron chi connectivity index (χ3n) is 9.89.